The molecule has 0 aliphatic rings. The molecule has 0 aliphatic heterocycles. The molecule has 0 saturated heterocycles. The van der Waals surface area contributed by atoms with E-state index in [1.807, 2.05) is 0 Å². The van der Waals surface area contributed by atoms with E-state index in [-0.39, 0.29) is 0 Å². The number of nitrogens with two attached hydrogens (primary N) is 1. The SMILES string of the molecule is C=C(C(N)=O)c1cc[nH]c1. The Balaban J connectivity index is 2.88. The topological polar surface area (TPSA) is 58.9 Å². The van der Waals surface area contributed by atoms with Crippen molar-refractivity contribution in [3.05, 3.63) is 30.6 Å². The van der Waals surface area contributed by atoms with Crippen molar-refractivity contribution in [3.63, 3.8) is 0 Å². The van der Waals surface area contributed by atoms with Crippen molar-refractivity contribution < 1.29 is 4.79 Å². The van der Waals surface area contributed by atoms with Gasteiger partial charge in [0.15, 0.2) is 0 Å². The molecule has 0 aromatic carbocycles. The van der Waals surface area contributed by atoms with E-state index in [1.54, 1.807) is 18.5 Å². The van der Waals surface area contributed by atoms with E-state index in [0.717, 1.165) is 5.56 Å². The molecule has 1 amide bonds. The zero-order valence-corrected chi connectivity index (χ0v) is 5.42. The molecule has 0 fully saturated rings. The zero-order chi connectivity index (χ0) is 7.56. The van der Waals surface area contributed by atoms with Crippen LogP contribution in [-0.4, -0.2) is 10.9 Å². The molecule has 3 heteroatoms. The van der Waals surface area contributed by atoms with E-state index in [9.17, 15) is 4.79 Å². The second kappa shape index (κ2) is 2.39. The Labute approximate surface area is 58.5 Å². The van der Waals surface area contributed by atoms with Crippen LogP contribution in [0.5, 0.6) is 0 Å². The van der Waals surface area contributed by atoms with E-state index < -0.39 is 5.91 Å². The molecular weight excluding hydrogens is 128 g/mol. The van der Waals surface area contributed by atoms with Gasteiger partial charge in [-0.3, -0.25) is 4.79 Å². The third-order valence-corrected chi connectivity index (χ3v) is 1.24. The van der Waals surface area contributed by atoms with Crippen LogP contribution in [0.15, 0.2) is 25.0 Å². The highest BCUT2D eigenvalue weighted by Gasteiger charge is 2.03. The first-order valence-electron chi connectivity index (χ1n) is 2.83. The predicted octanol–water partition coefficient (Wildman–Crippen LogP) is 0.513. The van der Waals surface area contributed by atoms with Gasteiger partial charge in [0.05, 0.1) is 0 Å². The lowest BCUT2D eigenvalue weighted by molar-refractivity contribution is -0.112. The van der Waals surface area contributed by atoms with Crippen LogP contribution in [0.2, 0.25) is 0 Å². The zero-order valence-electron chi connectivity index (χ0n) is 5.42. The number of nitrogens with one attached hydrogen (secondary N) is 1. The first-order valence-corrected chi connectivity index (χ1v) is 2.83. The van der Waals surface area contributed by atoms with Gasteiger partial charge in [0, 0.05) is 23.5 Å². The van der Waals surface area contributed by atoms with Crippen LogP contribution in [0, 0.1) is 0 Å². The average Bonchev–Trinajstić information content (AvgIpc) is 2.36. The van der Waals surface area contributed by atoms with Gasteiger partial charge >= 0.3 is 0 Å². The van der Waals surface area contributed by atoms with Crippen LogP contribution in [0.4, 0.5) is 0 Å². The number of H-pyrrole nitrogens is 1. The van der Waals surface area contributed by atoms with Crippen LogP contribution in [0.25, 0.3) is 5.57 Å². The van der Waals surface area contributed by atoms with Crippen LogP contribution in [0.3, 0.4) is 0 Å². The molecule has 1 heterocycles. The molecule has 0 saturated carbocycles. The summed E-state index contributed by atoms with van der Waals surface area (Å²) in [5, 5.41) is 0. The molecule has 0 atom stereocenters. The summed E-state index contributed by atoms with van der Waals surface area (Å²) in [7, 11) is 0. The van der Waals surface area contributed by atoms with Gasteiger partial charge in [-0.1, -0.05) is 6.58 Å². The molecule has 0 spiro atoms. The summed E-state index contributed by atoms with van der Waals surface area (Å²) in [5.74, 6) is -0.486. The highest BCUT2D eigenvalue weighted by molar-refractivity contribution is 6.17. The highest BCUT2D eigenvalue weighted by Crippen LogP contribution is 2.08. The first-order chi connectivity index (χ1) is 4.72. The van der Waals surface area contributed by atoms with Gasteiger partial charge in [0.25, 0.3) is 0 Å². The molecule has 10 heavy (non-hydrogen) atoms. The Bertz CT molecular complexity index is 249. The molecule has 0 radical (unpaired) electrons. The van der Waals surface area contributed by atoms with Crippen LogP contribution < -0.4 is 5.73 Å². The van der Waals surface area contributed by atoms with Gasteiger partial charge in [-0.05, 0) is 6.07 Å². The number of primary amides is 1. The third kappa shape index (κ3) is 1.07. The van der Waals surface area contributed by atoms with Crippen molar-refractivity contribution in [2.45, 2.75) is 0 Å². The van der Waals surface area contributed by atoms with Crippen molar-refractivity contribution in [1.29, 1.82) is 0 Å². The summed E-state index contributed by atoms with van der Waals surface area (Å²) in [5.41, 5.74) is 6.05. The van der Waals surface area contributed by atoms with Crippen molar-refractivity contribution in [2.75, 3.05) is 0 Å². The lowest BCUT2D eigenvalue weighted by Gasteiger charge is -1.93. The lowest BCUT2D eigenvalue weighted by atomic mass is 10.1. The van der Waals surface area contributed by atoms with Crippen molar-refractivity contribution >= 4 is 11.5 Å². The fraction of sp³-hybridized carbons (Fsp3) is 0. The van der Waals surface area contributed by atoms with E-state index in [4.69, 9.17) is 5.73 Å². The molecular formula is C7H8N2O. The Morgan fingerprint density at radius 3 is 2.80 bits per heavy atom. The fourth-order valence-electron chi connectivity index (χ4n) is 0.654. The molecule has 1 rings (SSSR count). The minimum atomic E-state index is -0.486. The van der Waals surface area contributed by atoms with Crippen molar-refractivity contribution in [3.8, 4) is 0 Å². The maximum Gasteiger partial charge on any atom is 0.248 e. The van der Waals surface area contributed by atoms with Gasteiger partial charge in [-0.15, -0.1) is 0 Å². The molecule has 1 aromatic heterocycles. The Morgan fingerprint density at radius 1 is 1.70 bits per heavy atom. The number of amides is 1. The Kier molecular flexibility index (Phi) is 1.58. The van der Waals surface area contributed by atoms with Crippen LogP contribution in [0.1, 0.15) is 5.56 Å². The average molecular weight is 136 g/mol. The maximum absolute atomic E-state index is 10.5. The van der Waals surface area contributed by atoms with Gasteiger partial charge in [-0.25, -0.2) is 0 Å². The monoisotopic (exact) mass is 136 g/mol. The molecule has 3 nitrogen and oxygen atoms in total. The molecule has 0 bridgehead atoms. The van der Waals surface area contributed by atoms with Gasteiger partial charge in [0.2, 0.25) is 5.91 Å². The molecule has 1 aromatic rings. The number of hydrogen-bond donors (Lipinski definition) is 2. The number of hydrogen-bond acceptors (Lipinski definition) is 1. The minimum absolute atomic E-state index is 0.334. The van der Waals surface area contributed by atoms with Gasteiger partial charge in [-0.2, -0.15) is 0 Å². The van der Waals surface area contributed by atoms with Gasteiger partial charge < -0.3 is 10.7 Å². The normalized spacial score (nSPS) is 9.20. The standard InChI is InChI=1S/C7H8N2O/c1-5(7(8)10)6-2-3-9-4-6/h2-4,9H,1H2,(H2,8,10). The van der Waals surface area contributed by atoms with Crippen molar-refractivity contribution in [2.24, 2.45) is 5.73 Å². The summed E-state index contributed by atoms with van der Waals surface area (Å²) in [6.45, 7) is 3.50. The second-order valence-electron chi connectivity index (χ2n) is 1.94. The van der Waals surface area contributed by atoms with E-state index in [2.05, 4.69) is 11.6 Å². The number of carbonyl (C=O) groups is 1. The van der Waals surface area contributed by atoms with E-state index >= 15 is 0 Å². The van der Waals surface area contributed by atoms with Crippen LogP contribution in [-0.2, 0) is 4.79 Å². The summed E-state index contributed by atoms with van der Waals surface area (Å²) < 4.78 is 0. The van der Waals surface area contributed by atoms with E-state index in [0.29, 0.717) is 5.57 Å². The first kappa shape index (κ1) is 6.61. The summed E-state index contributed by atoms with van der Waals surface area (Å²) >= 11 is 0. The second-order valence-corrected chi connectivity index (χ2v) is 1.94. The molecule has 3 N–H and O–H groups in total. The molecule has 0 aliphatic carbocycles. The van der Waals surface area contributed by atoms with Gasteiger partial charge in [0.1, 0.15) is 0 Å². The Hall–Kier alpha value is -1.51. The summed E-state index contributed by atoms with van der Waals surface area (Å²) in [6, 6.07) is 1.74. The number of carbonyl (C=O) groups excluding carboxylic acids is 1. The largest absolute Gasteiger partial charge is 0.367 e. The van der Waals surface area contributed by atoms with E-state index in [1.165, 1.54) is 0 Å². The summed E-state index contributed by atoms with van der Waals surface area (Å²) in [4.78, 5) is 13.3. The lowest BCUT2D eigenvalue weighted by Crippen LogP contribution is -2.11. The maximum atomic E-state index is 10.5. The molecule has 0 unspecified atom stereocenters. The van der Waals surface area contributed by atoms with Crippen molar-refractivity contribution in [1.82, 2.24) is 4.98 Å². The quantitative estimate of drug-likeness (QED) is 0.572. The highest BCUT2D eigenvalue weighted by atomic mass is 16.1. The fourth-order valence-corrected chi connectivity index (χ4v) is 0.654. The number of rotatable bonds is 2. The third-order valence-electron chi connectivity index (χ3n) is 1.24. The van der Waals surface area contributed by atoms with Crippen LogP contribution >= 0.6 is 0 Å². The molecule has 52 valence electrons. The smallest absolute Gasteiger partial charge is 0.248 e. The predicted molar refractivity (Wildman–Crippen MR) is 39.0 cm³/mol. The number of aromatic amines is 1. The Morgan fingerprint density at radius 2 is 2.40 bits per heavy atom. The number of aromatic nitrogens is 1. The summed E-state index contributed by atoms with van der Waals surface area (Å²) in [6.07, 6.45) is 3.39. The minimum Gasteiger partial charge on any atom is -0.367 e.